The van der Waals surface area contributed by atoms with Crippen molar-refractivity contribution in [3.05, 3.63) is 157 Å². The molecule has 7 aromatic carbocycles. The maximum absolute atomic E-state index is 6.52. The predicted octanol–water partition coefficient (Wildman–Crippen LogP) is 15.5. The molecule has 0 aliphatic carbocycles. The molecule has 0 saturated carbocycles. The Kier molecular flexibility index (Phi) is 10.8. The fourth-order valence-corrected chi connectivity index (χ4v) is 9.23. The lowest BCUT2D eigenvalue weighted by Crippen LogP contribution is -2.00. The molecule has 0 bridgehead atoms. The van der Waals surface area contributed by atoms with Gasteiger partial charge in [0.15, 0.2) is 17.5 Å². The van der Waals surface area contributed by atoms with E-state index < -0.39 is 0 Å². The summed E-state index contributed by atoms with van der Waals surface area (Å²) in [6.07, 6.45) is 15.8. The topological polar surface area (TPSA) is 64.7 Å². The summed E-state index contributed by atoms with van der Waals surface area (Å²) in [6, 6.07) is 47.5. The molecule has 10 rings (SSSR count). The van der Waals surface area contributed by atoms with Crippen molar-refractivity contribution in [2.45, 2.75) is 78.1 Å². The lowest BCUT2D eigenvalue weighted by molar-refractivity contribution is 0.651. The second-order valence-electron chi connectivity index (χ2n) is 16.5. The van der Waals surface area contributed by atoms with Crippen LogP contribution in [0.5, 0.6) is 0 Å². The van der Waals surface area contributed by atoms with E-state index in [1.54, 1.807) is 6.20 Å². The Hall–Kier alpha value is -6.72. The molecule has 0 aliphatic rings. The van der Waals surface area contributed by atoms with Crippen molar-refractivity contribution in [2.24, 2.45) is 0 Å². The molecule has 0 spiro atoms. The monoisotopic (exact) mass is 794 g/mol. The molecule has 0 saturated heterocycles. The van der Waals surface area contributed by atoms with E-state index in [0.29, 0.717) is 17.5 Å². The Labute approximate surface area is 357 Å². The molecule has 3 aromatic heterocycles. The van der Waals surface area contributed by atoms with Crippen molar-refractivity contribution >= 4 is 54.3 Å². The van der Waals surface area contributed by atoms with Crippen molar-refractivity contribution in [3.63, 3.8) is 0 Å². The van der Waals surface area contributed by atoms with Crippen LogP contribution in [-0.4, -0.2) is 19.9 Å². The number of hydrogen-bond acceptors (Lipinski definition) is 5. The smallest absolute Gasteiger partial charge is 0.164 e. The van der Waals surface area contributed by atoms with E-state index in [1.165, 1.54) is 100 Å². The Morgan fingerprint density at radius 1 is 0.393 bits per heavy atom. The maximum Gasteiger partial charge on any atom is 0.164 e. The van der Waals surface area contributed by atoms with Crippen LogP contribution < -0.4 is 0 Å². The highest BCUT2D eigenvalue weighted by molar-refractivity contribution is 6.34. The number of pyridine rings is 1. The third-order valence-electron chi connectivity index (χ3n) is 12.4. The Morgan fingerprint density at radius 3 is 1.69 bits per heavy atom. The van der Waals surface area contributed by atoms with Crippen molar-refractivity contribution in [3.8, 4) is 45.3 Å². The average molecular weight is 795 g/mol. The lowest BCUT2D eigenvalue weighted by atomic mass is 9.86. The van der Waals surface area contributed by atoms with Gasteiger partial charge in [0.05, 0.1) is 0 Å². The number of hydrogen-bond donors (Lipinski definition) is 0. The summed E-state index contributed by atoms with van der Waals surface area (Å²) in [6.45, 7) is 4.59. The number of aryl methyl sites for hydroxylation is 2. The van der Waals surface area contributed by atoms with E-state index in [2.05, 4.69) is 128 Å². The van der Waals surface area contributed by atoms with Gasteiger partial charge in [-0.1, -0.05) is 156 Å². The van der Waals surface area contributed by atoms with Gasteiger partial charge in [0.2, 0.25) is 0 Å². The molecule has 61 heavy (non-hydrogen) atoms. The fourth-order valence-electron chi connectivity index (χ4n) is 9.23. The van der Waals surface area contributed by atoms with Gasteiger partial charge in [0.1, 0.15) is 11.2 Å². The molecule has 0 fully saturated rings. The van der Waals surface area contributed by atoms with Crippen molar-refractivity contribution in [1.82, 2.24) is 19.9 Å². The summed E-state index contributed by atoms with van der Waals surface area (Å²) in [4.78, 5) is 19.8. The van der Waals surface area contributed by atoms with Crippen molar-refractivity contribution in [1.29, 1.82) is 0 Å². The van der Waals surface area contributed by atoms with Gasteiger partial charge in [-0.2, -0.15) is 0 Å². The molecular weight excluding hydrogens is 745 g/mol. The quantitative estimate of drug-likeness (QED) is 0.0810. The zero-order valence-electron chi connectivity index (χ0n) is 35.1. The molecule has 0 radical (unpaired) electrons. The van der Waals surface area contributed by atoms with Crippen molar-refractivity contribution in [2.75, 3.05) is 0 Å². The number of furan rings is 1. The van der Waals surface area contributed by atoms with Gasteiger partial charge in [-0.15, -0.1) is 0 Å². The van der Waals surface area contributed by atoms with Crippen molar-refractivity contribution < 1.29 is 4.42 Å². The molecule has 0 unspecified atom stereocenters. The summed E-state index contributed by atoms with van der Waals surface area (Å²) in [5, 5.41) is 9.85. The van der Waals surface area contributed by atoms with Crippen LogP contribution in [-0.2, 0) is 12.8 Å². The minimum Gasteiger partial charge on any atom is -0.456 e. The molecule has 10 aromatic rings. The zero-order chi connectivity index (χ0) is 41.1. The highest BCUT2D eigenvalue weighted by atomic mass is 16.3. The lowest BCUT2D eigenvalue weighted by Gasteiger charge is -2.17. The molecule has 300 valence electrons. The van der Waals surface area contributed by atoms with E-state index in [1.807, 2.05) is 30.5 Å². The fraction of sp³-hybridized carbons (Fsp3) is 0.214. The summed E-state index contributed by atoms with van der Waals surface area (Å²) in [7, 11) is 0. The second kappa shape index (κ2) is 17.1. The van der Waals surface area contributed by atoms with Crippen LogP contribution in [0.4, 0.5) is 0 Å². The van der Waals surface area contributed by atoms with Crippen LogP contribution in [0, 0.1) is 0 Å². The first kappa shape index (κ1) is 38.5. The van der Waals surface area contributed by atoms with Gasteiger partial charge >= 0.3 is 0 Å². The summed E-state index contributed by atoms with van der Waals surface area (Å²) in [5.74, 6) is 1.94. The molecule has 0 atom stereocenters. The first-order valence-corrected chi connectivity index (χ1v) is 22.2. The largest absolute Gasteiger partial charge is 0.456 e. The van der Waals surface area contributed by atoms with Gasteiger partial charge in [0.25, 0.3) is 0 Å². The summed E-state index contributed by atoms with van der Waals surface area (Å²) in [5.41, 5.74) is 9.84. The van der Waals surface area contributed by atoms with Gasteiger partial charge in [-0.05, 0) is 105 Å². The Morgan fingerprint density at radius 2 is 0.984 bits per heavy atom. The van der Waals surface area contributed by atoms with E-state index >= 15 is 0 Å². The number of para-hydroxylation sites is 1. The van der Waals surface area contributed by atoms with Gasteiger partial charge in [0, 0.05) is 45.2 Å². The van der Waals surface area contributed by atoms with Crippen LogP contribution >= 0.6 is 0 Å². The van der Waals surface area contributed by atoms with Gasteiger partial charge < -0.3 is 4.42 Å². The number of unbranched alkanes of at least 4 members (excludes halogenated alkanes) is 6. The number of benzene rings is 7. The standard InChI is InChI=1S/C56H50N4O/c1-3-5-7-10-19-40-33-48-47-35-42(56-59-54(38-17-12-9-13-18-38)58-55(60-56)39-26-24-37(25-27-39)43-21-16-32-57-36-43)28-29-44(47)45-30-31-51-53(46-22-14-15-23-50(46)61-51)52(45)49(48)34-41(40)20-11-8-6-4-2/h9,12-18,21-36H,3-8,10-11,19-20H2,1-2H3. The van der Waals surface area contributed by atoms with E-state index in [4.69, 9.17) is 19.4 Å². The average Bonchev–Trinajstić information content (AvgIpc) is 3.71. The molecule has 5 heteroatoms. The first-order chi connectivity index (χ1) is 30.2. The number of aromatic nitrogens is 4. The second-order valence-corrected chi connectivity index (χ2v) is 16.5. The number of rotatable bonds is 14. The number of nitrogens with zero attached hydrogens (tertiary/aromatic N) is 4. The third-order valence-corrected chi connectivity index (χ3v) is 12.4. The summed E-state index contributed by atoms with van der Waals surface area (Å²) < 4.78 is 6.52. The van der Waals surface area contributed by atoms with Crippen LogP contribution in [0.15, 0.2) is 150 Å². The molecular formula is C56H50N4O. The van der Waals surface area contributed by atoms with Gasteiger partial charge in [-0.25, -0.2) is 15.0 Å². The minimum absolute atomic E-state index is 0.640. The maximum atomic E-state index is 6.52. The Balaban J connectivity index is 1.20. The minimum atomic E-state index is 0.640. The van der Waals surface area contributed by atoms with Crippen LogP contribution in [0.1, 0.15) is 76.3 Å². The zero-order valence-corrected chi connectivity index (χ0v) is 35.1. The molecule has 5 nitrogen and oxygen atoms in total. The number of fused-ring (bicyclic) bond motifs is 10. The van der Waals surface area contributed by atoms with E-state index in [-0.39, 0.29) is 0 Å². The summed E-state index contributed by atoms with van der Waals surface area (Å²) >= 11 is 0. The van der Waals surface area contributed by atoms with E-state index in [0.717, 1.165) is 57.2 Å². The third kappa shape index (κ3) is 7.54. The molecule has 0 N–H and O–H groups in total. The predicted molar refractivity (Wildman–Crippen MR) is 255 cm³/mol. The van der Waals surface area contributed by atoms with Gasteiger partial charge in [-0.3, -0.25) is 4.98 Å². The van der Waals surface area contributed by atoms with Crippen LogP contribution in [0.2, 0.25) is 0 Å². The normalized spacial score (nSPS) is 11.8. The first-order valence-electron chi connectivity index (χ1n) is 22.2. The van der Waals surface area contributed by atoms with E-state index in [9.17, 15) is 0 Å². The molecule has 0 amide bonds. The highest BCUT2D eigenvalue weighted by Gasteiger charge is 2.20. The molecule has 0 aliphatic heterocycles. The van der Waals surface area contributed by atoms with Crippen LogP contribution in [0.3, 0.4) is 0 Å². The molecule has 3 heterocycles. The van der Waals surface area contributed by atoms with Crippen LogP contribution in [0.25, 0.3) is 99.5 Å². The Bertz CT molecular complexity index is 3150. The highest BCUT2D eigenvalue weighted by Crippen LogP contribution is 2.44. The SMILES string of the molecule is CCCCCCc1cc2c3cc(-c4nc(-c5ccccc5)nc(-c5ccc(-c6cccnc6)cc5)n4)ccc3c3ccc4oc5ccccc5c4c3c2cc1CCCCCC.